The van der Waals surface area contributed by atoms with E-state index in [-0.39, 0.29) is 34.8 Å². The molecule has 4 rings (SSSR count). The molecule has 0 radical (unpaired) electrons. The quantitative estimate of drug-likeness (QED) is 0.317. The van der Waals surface area contributed by atoms with Gasteiger partial charge in [0.25, 0.3) is 11.8 Å². The fraction of sp³-hybridized carbons (Fsp3) is 0.379. The van der Waals surface area contributed by atoms with Crippen molar-refractivity contribution in [1.29, 1.82) is 0 Å². The molecule has 1 heterocycles. The SMILES string of the molecule is CCOc1ccc([C@H](C(=O)NC2CCCCC2)N(Cc2ccc(OC)cc2)C(=O)c2snc(C(N)=O)c2N)cc1. The Morgan fingerprint density at radius 1 is 1.05 bits per heavy atom. The number of nitrogen functional groups attached to an aromatic ring is 1. The van der Waals surface area contributed by atoms with E-state index in [2.05, 4.69) is 9.69 Å². The smallest absolute Gasteiger partial charge is 0.270 e. The molecule has 3 amide bonds. The molecule has 40 heavy (non-hydrogen) atoms. The Bertz CT molecular complexity index is 1320. The number of hydrogen-bond donors (Lipinski definition) is 3. The molecule has 1 saturated carbocycles. The molecular formula is C29H35N5O5S. The number of carbonyl (C=O) groups excluding carboxylic acids is 3. The van der Waals surface area contributed by atoms with Crippen molar-refractivity contribution in [2.75, 3.05) is 19.5 Å². The van der Waals surface area contributed by atoms with Gasteiger partial charge in [-0.05, 0) is 66.7 Å². The maximum absolute atomic E-state index is 14.1. The van der Waals surface area contributed by atoms with Gasteiger partial charge in [-0.15, -0.1) is 0 Å². The molecule has 0 unspecified atom stereocenters. The first-order chi connectivity index (χ1) is 19.3. The summed E-state index contributed by atoms with van der Waals surface area (Å²) in [6.45, 7) is 2.48. The number of carbonyl (C=O) groups is 3. The molecule has 1 aliphatic rings. The summed E-state index contributed by atoms with van der Waals surface area (Å²) in [5, 5.41) is 3.18. The van der Waals surface area contributed by atoms with Crippen molar-refractivity contribution in [2.45, 2.75) is 57.7 Å². The topological polar surface area (TPSA) is 150 Å². The Kier molecular flexibility index (Phi) is 9.60. The summed E-state index contributed by atoms with van der Waals surface area (Å²) in [5.41, 5.74) is 12.7. The van der Waals surface area contributed by atoms with Crippen LogP contribution in [0.4, 0.5) is 5.69 Å². The number of aromatic nitrogens is 1. The van der Waals surface area contributed by atoms with Gasteiger partial charge in [0.05, 0.1) is 19.4 Å². The molecule has 1 aliphatic carbocycles. The van der Waals surface area contributed by atoms with E-state index >= 15 is 0 Å². The third kappa shape index (κ3) is 6.71. The highest BCUT2D eigenvalue weighted by Crippen LogP contribution is 2.32. The van der Waals surface area contributed by atoms with Crippen molar-refractivity contribution in [3.63, 3.8) is 0 Å². The number of benzene rings is 2. The molecule has 10 nitrogen and oxygen atoms in total. The zero-order chi connectivity index (χ0) is 28.6. The average Bonchev–Trinajstić information content (AvgIpc) is 3.35. The van der Waals surface area contributed by atoms with Crippen LogP contribution in [0.3, 0.4) is 0 Å². The minimum Gasteiger partial charge on any atom is -0.497 e. The number of nitrogens with two attached hydrogens (primary N) is 2. The lowest BCUT2D eigenvalue weighted by atomic mass is 9.94. The fourth-order valence-corrected chi connectivity index (χ4v) is 5.64. The van der Waals surface area contributed by atoms with E-state index in [0.717, 1.165) is 49.2 Å². The van der Waals surface area contributed by atoms with Gasteiger partial charge in [0.1, 0.15) is 22.4 Å². The number of methoxy groups -OCH3 is 1. The van der Waals surface area contributed by atoms with Gasteiger partial charge in [-0.25, -0.2) is 0 Å². The van der Waals surface area contributed by atoms with Gasteiger partial charge >= 0.3 is 0 Å². The van der Waals surface area contributed by atoms with Crippen LogP contribution in [0.2, 0.25) is 0 Å². The minimum absolute atomic E-state index is 0.0272. The van der Waals surface area contributed by atoms with Crippen LogP contribution < -0.4 is 26.3 Å². The van der Waals surface area contributed by atoms with Crippen molar-refractivity contribution in [1.82, 2.24) is 14.6 Å². The number of ether oxygens (including phenoxy) is 2. The van der Waals surface area contributed by atoms with Gasteiger partial charge < -0.3 is 31.2 Å². The molecule has 11 heteroatoms. The van der Waals surface area contributed by atoms with Crippen LogP contribution >= 0.6 is 11.5 Å². The first-order valence-corrected chi connectivity index (χ1v) is 14.1. The summed E-state index contributed by atoms with van der Waals surface area (Å²) in [6.07, 6.45) is 5.00. The van der Waals surface area contributed by atoms with Gasteiger partial charge in [-0.3, -0.25) is 14.4 Å². The summed E-state index contributed by atoms with van der Waals surface area (Å²) < 4.78 is 14.9. The highest BCUT2D eigenvalue weighted by molar-refractivity contribution is 7.09. The largest absolute Gasteiger partial charge is 0.497 e. The molecule has 2 aromatic carbocycles. The van der Waals surface area contributed by atoms with E-state index in [1.54, 1.807) is 43.5 Å². The molecule has 1 atom stereocenters. The van der Waals surface area contributed by atoms with Crippen molar-refractivity contribution in [3.05, 3.63) is 70.2 Å². The monoisotopic (exact) mass is 565 g/mol. The van der Waals surface area contributed by atoms with E-state index in [1.165, 1.54) is 4.90 Å². The number of nitrogens with zero attached hydrogens (tertiary/aromatic N) is 2. The number of nitrogens with one attached hydrogen (secondary N) is 1. The Morgan fingerprint density at radius 2 is 1.70 bits per heavy atom. The van der Waals surface area contributed by atoms with Gasteiger partial charge in [0.2, 0.25) is 5.91 Å². The van der Waals surface area contributed by atoms with Crippen LogP contribution in [-0.2, 0) is 11.3 Å². The summed E-state index contributed by atoms with van der Waals surface area (Å²) in [7, 11) is 1.57. The number of hydrogen-bond acceptors (Lipinski definition) is 8. The van der Waals surface area contributed by atoms with Crippen LogP contribution in [0.1, 0.15) is 76.4 Å². The summed E-state index contributed by atoms with van der Waals surface area (Å²) in [4.78, 5) is 41.5. The van der Waals surface area contributed by atoms with E-state index in [9.17, 15) is 14.4 Å². The van der Waals surface area contributed by atoms with Crippen molar-refractivity contribution < 1.29 is 23.9 Å². The molecule has 0 aliphatic heterocycles. The fourth-order valence-electron chi connectivity index (χ4n) is 4.88. The zero-order valence-electron chi connectivity index (χ0n) is 22.7. The van der Waals surface area contributed by atoms with Crippen molar-refractivity contribution in [2.24, 2.45) is 5.73 Å². The molecule has 0 bridgehead atoms. The minimum atomic E-state index is -0.995. The lowest BCUT2D eigenvalue weighted by molar-refractivity contribution is -0.127. The molecule has 5 N–H and O–H groups in total. The predicted molar refractivity (Wildman–Crippen MR) is 153 cm³/mol. The number of primary amides is 1. The summed E-state index contributed by atoms with van der Waals surface area (Å²) in [6, 6.07) is 13.4. The van der Waals surface area contributed by atoms with Crippen LogP contribution in [0.15, 0.2) is 48.5 Å². The number of amides is 3. The van der Waals surface area contributed by atoms with Gasteiger partial charge in [0, 0.05) is 12.6 Å². The average molecular weight is 566 g/mol. The highest BCUT2D eigenvalue weighted by atomic mass is 32.1. The van der Waals surface area contributed by atoms with Crippen LogP contribution in [-0.4, -0.2) is 46.8 Å². The number of rotatable bonds is 11. The maximum atomic E-state index is 14.1. The molecule has 212 valence electrons. The molecule has 0 saturated heterocycles. The first kappa shape index (κ1) is 28.9. The third-order valence-corrected chi connectivity index (χ3v) is 7.80. The Balaban J connectivity index is 1.78. The summed E-state index contributed by atoms with van der Waals surface area (Å²) in [5.74, 6) is -0.333. The van der Waals surface area contributed by atoms with Gasteiger partial charge in [0.15, 0.2) is 5.69 Å². The Labute approximate surface area is 237 Å². The molecule has 1 aromatic heterocycles. The zero-order valence-corrected chi connectivity index (χ0v) is 23.5. The van der Waals surface area contributed by atoms with E-state index < -0.39 is 17.9 Å². The van der Waals surface area contributed by atoms with Crippen LogP contribution in [0.5, 0.6) is 11.5 Å². The molecular weight excluding hydrogens is 530 g/mol. The first-order valence-electron chi connectivity index (χ1n) is 13.3. The molecule has 1 fully saturated rings. The third-order valence-electron chi connectivity index (χ3n) is 6.95. The normalized spacial score (nSPS) is 14.2. The second-order valence-corrected chi connectivity index (χ2v) is 10.4. The lowest BCUT2D eigenvalue weighted by Gasteiger charge is -2.33. The van der Waals surface area contributed by atoms with E-state index in [1.807, 2.05) is 19.1 Å². The van der Waals surface area contributed by atoms with Gasteiger partial charge in [-0.1, -0.05) is 43.5 Å². The highest BCUT2D eigenvalue weighted by Gasteiger charge is 2.36. The Hall–Kier alpha value is -4.12. The number of anilines is 1. The van der Waals surface area contributed by atoms with E-state index in [0.29, 0.717) is 23.7 Å². The van der Waals surface area contributed by atoms with Crippen LogP contribution in [0, 0.1) is 0 Å². The summed E-state index contributed by atoms with van der Waals surface area (Å²) >= 11 is 0.788. The van der Waals surface area contributed by atoms with Crippen molar-refractivity contribution in [3.8, 4) is 11.5 Å². The predicted octanol–water partition coefficient (Wildman–Crippen LogP) is 4.06. The van der Waals surface area contributed by atoms with Gasteiger partial charge in [-0.2, -0.15) is 4.37 Å². The maximum Gasteiger partial charge on any atom is 0.270 e. The standard InChI is InChI=1S/C29H35N5O5S/c1-3-39-22-15-11-19(12-16-22)25(28(36)32-20-7-5-4-6-8-20)34(17-18-9-13-21(38-2)14-10-18)29(37)26-23(30)24(27(31)35)33-40-26/h9-16,20,25H,3-8,17,30H2,1-2H3,(H2,31,35)(H,32,36)/t25-/m1/s1. The van der Waals surface area contributed by atoms with E-state index in [4.69, 9.17) is 20.9 Å². The molecule has 3 aromatic rings. The van der Waals surface area contributed by atoms with Crippen molar-refractivity contribution >= 4 is 34.9 Å². The second-order valence-electron chi connectivity index (χ2n) is 9.67. The van der Waals surface area contributed by atoms with Crippen LogP contribution in [0.25, 0.3) is 0 Å². The molecule has 0 spiro atoms. The lowest BCUT2D eigenvalue weighted by Crippen LogP contribution is -2.46. The Morgan fingerprint density at radius 3 is 2.27 bits per heavy atom. The second kappa shape index (κ2) is 13.3.